The van der Waals surface area contributed by atoms with Crippen molar-refractivity contribution in [3.8, 4) is 0 Å². The molecule has 1 aliphatic carbocycles. The van der Waals surface area contributed by atoms with E-state index < -0.39 is 9.84 Å². The van der Waals surface area contributed by atoms with Crippen molar-refractivity contribution < 1.29 is 8.42 Å². The maximum absolute atomic E-state index is 12.0. The Hall–Kier alpha value is 0.430. The zero-order valence-electron chi connectivity index (χ0n) is 12.9. The van der Waals surface area contributed by atoms with E-state index in [1.54, 1.807) is 13.8 Å². The Morgan fingerprint density at radius 1 is 1.26 bits per heavy atom. The largest absolute Gasteiger partial charge is 0.229 e. The summed E-state index contributed by atoms with van der Waals surface area (Å²) < 4.78 is 24.0. The molecule has 114 valence electrons. The zero-order chi connectivity index (χ0) is 14.8. The van der Waals surface area contributed by atoms with E-state index in [4.69, 9.17) is 0 Å². The van der Waals surface area contributed by atoms with E-state index in [1.165, 1.54) is 19.3 Å². The van der Waals surface area contributed by atoms with Gasteiger partial charge in [-0.25, -0.2) is 8.42 Å². The first kappa shape index (κ1) is 17.5. The number of hydrogen-bond acceptors (Lipinski definition) is 2. The minimum atomic E-state index is -2.91. The van der Waals surface area contributed by atoms with Crippen molar-refractivity contribution in [2.45, 2.75) is 70.4 Å². The van der Waals surface area contributed by atoms with Crippen molar-refractivity contribution >= 4 is 25.8 Å². The Labute approximate surface area is 127 Å². The molecular formula is C15H29BrO2S. The first-order valence-electron chi connectivity index (χ1n) is 7.42. The maximum Gasteiger partial charge on any atom is 0.152 e. The van der Waals surface area contributed by atoms with Gasteiger partial charge >= 0.3 is 0 Å². The summed E-state index contributed by atoms with van der Waals surface area (Å²) in [6.07, 6.45) is 4.47. The van der Waals surface area contributed by atoms with E-state index >= 15 is 0 Å². The third kappa shape index (κ3) is 4.73. The van der Waals surface area contributed by atoms with Gasteiger partial charge in [-0.2, -0.15) is 0 Å². The van der Waals surface area contributed by atoms with E-state index in [-0.39, 0.29) is 10.7 Å². The predicted octanol–water partition coefficient (Wildman–Crippen LogP) is 4.43. The van der Waals surface area contributed by atoms with E-state index in [2.05, 4.69) is 36.7 Å². The molecule has 0 aromatic rings. The third-order valence-electron chi connectivity index (χ3n) is 4.79. The van der Waals surface area contributed by atoms with Gasteiger partial charge in [0.1, 0.15) is 0 Å². The average Bonchev–Trinajstić information content (AvgIpc) is 2.26. The molecule has 1 rings (SSSR count). The van der Waals surface area contributed by atoms with Gasteiger partial charge in [-0.3, -0.25) is 0 Å². The SMILES string of the molecule is CC1CCC(C(C)(C)CCS(=O)(=O)C(C)C)C(Br)C1. The summed E-state index contributed by atoms with van der Waals surface area (Å²) in [6, 6.07) is 0. The summed E-state index contributed by atoms with van der Waals surface area (Å²) in [5.41, 5.74) is 0.0935. The monoisotopic (exact) mass is 352 g/mol. The van der Waals surface area contributed by atoms with Crippen molar-refractivity contribution in [1.29, 1.82) is 0 Å². The van der Waals surface area contributed by atoms with Crippen molar-refractivity contribution in [2.75, 3.05) is 5.75 Å². The van der Waals surface area contributed by atoms with Crippen LogP contribution >= 0.6 is 15.9 Å². The predicted molar refractivity (Wildman–Crippen MR) is 86.5 cm³/mol. The highest BCUT2D eigenvalue weighted by molar-refractivity contribution is 9.09. The van der Waals surface area contributed by atoms with Crippen LogP contribution in [0.5, 0.6) is 0 Å². The van der Waals surface area contributed by atoms with Crippen LogP contribution in [0.3, 0.4) is 0 Å². The molecule has 0 bridgehead atoms. The first-order valence-corrected chi connectivity index (χ1v) is 10.0. The van der Waals surface area contributed by atoms with Crippen LogP contribution in [-0.4, -0.2) is 24.2 Å². The molecule has 1 aliphatic rings. The lowest BCUT2D eigenvalue weighted by molar-refractivity contribution is 0.143. The van der Waals surface area contributed by atoms with Gasteiger partial charge in [-0.1, -0.05) is 43.1 Å². The van der Waals surface area contributed by atoms with Gasteiger partial charge in [0.15, 0.2) is 9.84 Å². The van der Waals surface area contributed by atoms with Crippen LogP contribution in [0.4, 0.5) is 0 Å². The Morgan fingerprint density at radius 3 is 2.32 bits per heavy atom. The van der Waals surface area contributed by atoms with Crippen LogP contribution in [0.2, 0.25) is 0 Å². The van der Waals surface area contributed by atoms with Gasteiger partial charge in [0.25, 0.3) is 0 Å². The molecule has 0 aromatic heterocycles. The van der Waals surface area contributed by atoms with Crippen LogP contribution in [0.1, 0.15) is 60.3 Å². The minimum absolute atomic E-state index is 0.0935. The summed E-state index contributed by atoms with van der Waals surface area (Å²) in [5, 5.41) is -0.255. The molecule has 0 radical (unpaired) electrons. The standard InChI is InChI=1S/C15H29BrO2S/c1-11(2)19(17,18)9-8-15(4,5)13-7-6-12(3)10-14(13)16/h11-14H,6-10H2,1-5H3. The van der Waals surface area contributed by atoms with E-state index in [0.717, 1.165) is 12.3 Å². The molecule has 0 aromatic carbocycles. The van der Waals surface area contributed by atoms with Gasteiger partial charge in [-0.15, -0.1) is 0 Å². The van der Waals surface area contributed by atoms with Crippen molar-refractivity contribution in [3.05, 3.63) is 0 Å². The van der Waals surface area contributed by atoms with Crippen molar-refractivity contribution in [1.82, 2.24) is 0 Å². The normalized spacial score (nSPS) is 29.7. The molecule has 3 unspecified atom stereocenters. The second kappa shape index (κ2) is 6.46. The maximum atomic E-state index is 12.0. The molecular weight excluding hydrogens is 324 g/mol. The molecule has 0 heterocycles. The first-order chi connectivity index (χ1) is 8.56. The lowest BCUT2D eigenvalue weighted by Crippen LogP contribution is -2.37. The number of alkyl halides is 1. The molecule has 2 nitrogen and oxygen atoms in total. The zero-order valence-corrected chi connectivity index (χ0v) is 15.4. The molecule has 1 saturated carbocycles. The highest BCUT2D eigenvalue weighted by Gasteiger charge is 2.38. The van der Waals surface area contributed by atoms with Gasteiger partial charge in [0.2, 0.25) is 0 Å². The molecule has 19 heavy (non-hydrogen) atoms. The fraction of sp³-hybridized carbons (Fsp3) is 1.00. The molecule has 3 atom stereocenters. The van der Waals surface area contributed by atoms with Crippen molar-refractivity contribution in [2.24, 2.45) is 17.3 Å². The van der Waals surface area contributed by atoms with Gasteiger partial charge in [-0.05, 0) is 50.4 Å². The molecule has 1 fully saturated rings. The number of rotatable bonds is 5. The second-order valence-corrected chi connectivity index (χ2v) is 11.0. The van der Waals surface area contributed by atoms with Crippen LogP contribution in [0.25, 0.3) is 0 Å². The van der Waals surface area contributed by atoms with Gasteiger partial charge in [0, 0.05) is 4.83 Å². The van der Waals surface area contributed by atoms with E-state index in [9.17, 15) is 8.42 Å². The quantitative estimate of drug-likeness (QED) is 0.686. The molecule has 0 spiro atoms. The third-order valence-corrected chi connectivity index (χ3v) is 8.01. The van der Waals surface area contributed by atoms with Crippen LogP contribution in [-0.2, 0) is 9.84 Å². The molecule has 0 aliphatic heterocycles. The molecule has 0 N–H and O–H groups in total. The number of hydrogen-bond donors (Lipinski definition) is 0. The number of halogens is 1. The molecule has 0 amide bonds. The topological polar surface area (TPSA) is 34.1 Å². The molecule has 0 saturated heterocycles. The Bertz CT molecular complexity index is 387. The lowest BCUT2D eigenvalue weighted by Gasteiger charge is -2.42. The molecule has 4 heteroatoms. The smallest absolute Gasteiger partial charge is 0.152 e. The minimum Gasteiger partial charge on any atom is -0.229 e. The summed E-state index contributed by atoms with van der Waals surface area (Å²) >= 11 is 3.83. The van der Waals surface area contributed by atoms with Crippen LogP contribution in [0, 0.1) is 17.3 Å². The van der Waals surface area contributed by atoms with Gasteiger partial charge < -0.3 is 0 Å². The lowest BCUT2D eigenvalue weighted by atomic mass is 9.68. The number of sulfone groups is 1. The van der Waals surface area contributed by atoms with Crippen LogP contribution in [0.15, 0.2) is 0 Å². The summed E-state index contributed by atoms with van der Waals surface area (Å²) in [6.45, 7) is 10.3. The van der Waals surface area contributed by atoms with E-state index in [1.807, 2.05) is 0 Å². The summed E-state index contributed by atoms with van der Waals surface area (Å²) in [5.74, 6) is 1.70. The van der Waals surface area contributed by atoms with Crippen molar-refractivity contribution in [3.63, 3.8) is 0 Å². The highest BCUT2D eigenvalue weighted by Crippen LogP contribution is 2.45. The average molecular weight is 353 g/mol. The van der Waals surface area contributed by atoms with E-state index in [0.29, 0.717) is 16.5 Å². The second-order valence-electron chi connectivity index (χ2n) is 7.20. The summed E-state index contributed by atoms with van der Waals surface area (Å²) in [7, 11) is -2.91. The Morgan fingerprint density at radius 2 is 1.84 bits per heavy atom. The Balaban J connectivity index is 2.66. The fourth-order valence-electron chi connectivity index (χ4n) is 3.02. The van der Waals surface area contributed by atoms with Gasteiger partial charge in [0.05, 0.1) is 11.0 Å². The highest BCUT2D eigenvalue weighted by atomic mass is 79.9. The summed E-state index contributed by atoms with van der Waals surface area (Å²) in [4.78, 5) is 0.535. The van der Waals surface area contributed by atoms with Crippen LogP contribution < -0.4 is 0 Å². The fourth-order valence-corrected chi connectivity index (χ4v) is 5.92. The Kier molecular flexibility index (Phi) is 5.95.